The van der Waals surface area contributed by atoms with Gasteiger partial charge in [0.2, 0.25) is 5.91 Å². The maximum Gasteiger partial charge on any atom is 0.416 e. The molecule has 0 unspecified atom stereocenters. The third kappa shape index (κ3) is 4.78. The Balaban J connectivity index is 1.37. The number of nitrogens with one attached hydrogen (secondary N) is 1. The summed E-state index contributed by atoms with van der Waals surface area (Å²) in [4.78, 5) is 22.4. The van der Waals surface area contributed by atoms with E-state index in [-0.39, 0.29) is 17.9 Å². The maximum atomic E-state index is 13.4. The molecule has 1 saturated heterocycles. The topological polar surface area (TPSA) is 48.5 Å². The predicted octanol–water partition coefficient (Wildman–Crippen LogP) is 4.06. The summed E-state index contributed by atoms with van der Waals surface area (Å²) in [6.07, 6.45) is 3.16. The largest absolute Gasteiger partial charge is 0.416 e. The Labute approximate surface area is 198 Å². The first kappa shape index (κ1) is 23.1. The van der Waals surface area contributed by atoms with Crippen molar-refractivity contribution in [3.05, 3.63) is 59.4 Å². The van der Waals surface area contributed by atoms with Crippen LogP contribution >= 0.6 is 0 Å². The van der Waals surface area contributed by atoms with Gasteiger partial charge in [-0.3, -0.25) is 14.7 Å². The van der Waals surface area contributed by atoms with E-state index in [4.69, 9.17) is 0 Å². The zero-order chi connectivity index (χ0) is 23.7. The highest BCUT2D eigenvalue weighted by Gasteiger charge is 2.43. The van der Waals surface area contributed by atoms with Crippen molar-refractivity contribution in [1.29, 1.82) is 0 Å². The second-order valence-electron chi connectivity index (χ2n) is 9.71. The Kier molecular flexibility index (Phi) is 6.51. The summed E-state index contributed by atoms with van der Waals surface area (Å²) in [5, 5.41) is 3.05. The van der Waals surface area contributed by atoms with Crippen LogP contribution in [0.4, 0.5) is 18.9 Å². The minimum Gasteiger partial charge on any atom is -0.365 e. The summed E-state index contributed by atoms with van der Waals surface area (Å²) in [5.41, 5.74) is 1.72. The first-order valence-electron chi connectivity index (χ1n) is 12.3. The minimum atomic E-state index is -4.40. The van der Waals surface area contributed by atoms with E-state index >= 15 is 0 Å². The fourth-order valence-electron chi connectivity index (χ4n) is 5.91. The van der Waals surface area contributed by atoms with Crippen LogP contribution in [0.15, 0.2) is 42.6 Å². The Morgan fingerprint density at radius 1 is 1.12 bits per heavy atom. The average molecular weight is 473 g/mol. The molecule has 1 saturated carbocycles. The molecule has 182 valence electrons. The SMILES string of the molecule is O=C(NCCc1ccccn1)[C@@H]1Cc2cc(C(F)(F)F)ccc2N2CCN(C3CCCC3)C[C@H]12. The van der Waals surface area contributed by atoms with E-state index < -0.39 is 11.7 Å². The molecule has 0 spiro atoms. The van der Waals surface area contributed by atoms with Crippen molar-refractivity contribution in [2.45, 2.75) is 56.8 Å². The van der Waals surface area contributed by atoms with Crippen LogP contribution in [-0.2, 0) is 23.8 Å². The molecule has 0 bridgehead atoms. The zero-order valence-electron chi connectivity index (χ0n) is 19.2. The van der Waals surface area contributed by atoms with Crippen molar-refractivity contribution in [2.24, 2.45) is 5.92 Å². The highest BCUT2D eigenvalue weighted by atomic mass is 19.4. The van der Waals surface area contributed by atoms with Crippen LogP contribution in [-0.4, -0.2) is 54.1 Å². The molecule has 0 radical (unpaired) electrons. The Morgan fingerprint density at radius 3 is 2.68 bits per heavy atom. The summed E-state index contributed by atoms with van der Waals surface area (Å²) in [6, 6.07) is 10.2. The molecule has 5 nitrogen and oxygen atoms in total. The van der Waals surface area contributed by atoms with Crippen molar-refractivity contribution < 1.29 is 18.0 Å². The first-order valence-corrected chi connectivity index (χ1v) is 12.3. The van der Waals surface area contributed by atoms with Crippen molar-refractivity contribution in [1.82, 2.24) is 15.2 Å². The molecule has 2 aliphatic heterocycles. The summed E-state index contributed by atoms with van der Waals surface area (Å²) in [7, 11) is 0. The number of nitrogens with zero attached hydrogens (tertiary/aromatic N) is 3. The summed E-state index contributed by atoms with van der Waals surface area (Å²) in [6.45, 7) is 2.86. The number of hydrogen-bond acceptors (Lipinski definition) is 4. The lowest BCUT2D eigenvalue weighted by atomic mass is 9.82. The number of carbonyl (C=O) groups excluding carboxylic acids is 1. The molecule has 3 aliphatic rings. The van der Waals surface area contributed by atoms with Gasteiger partial charge in [-0.05, 0) is 55.2 Å². The molecule has 8 heteroatoms. The monoisotopic (exact) mass is 472 g/mol. The molecule has 1 aromatic carbocycles. The van der Waals surface area contributed by atoms with E-state index in [0.29, 0.717) is 31.0 Å². The number of rotatable bonds is 5. The predicted molar refractivity (Wildman–Crippen MR) is 125 cm³/mol. The second-order valence-corrected chi connectivity index (χ2v) is 9.71. The van der Waals surface area contributed by atoms with Gasteiger partial charge in [-0.1, -0.05) is 18.9 Å². The lowest BCUT2D eigenvalue weighted by molar-refractivity contribution is -0.137. The van der Waals surface area contributed by atoms with E-state index in [1.165, 1.54) is 37.8 Å². The van der Waals surface area contributed by atoms with Crippen molar-refractivity contribution >= 4 is 11.6 Å². The molecule has 2 atom stereocenters. The number of fused-ring (bicyclic) bond motifs is 3. The third-order valence-corrected chi connectivity index (χ3v) is 7.65. The first-order chi connectivity index (χ1) is 16.4. The van der Waals surface area contributed by atoms with Gasteiger partial charge in [0, 0.05) is 56.2 Å². The third-order valence-electron chi connectivity index (χ3n) is 7.65. The summed E-state index contributed by atoms with van der Waals surface area (Å²) < 4.78 is 40.2. The van der Waals surface area contributed by atoms with Gasteiger partial charge in [0.15, 0.2) is 0 Å². The molecule has 5 rings (SSSR count). The van der Waals surface area contributed by atoms with Crippen LogP contribution in [0, 0.1) is 5.92 Å². The average Bonchev–Trinajstić information content (AvgIpc) is 3.38. The molecular weight excluding hydrogens is 441 g/mol. The van der Waals surface area contributed by atoms with Gasteiger partial charge >= 0.3 is 6.18 Å². The smallest absolute Gasteiger partial charge is 0.365 e. The maximum absolute atomic E-state index is 13.4. The van der Waals surface area contributed by atoms with Gasteiger partial charge in [-0.25, -0.2) is 0 Å². The van der Waals surface area contributed by atoms with Gasteiger partial charge in [-0.2, -0.15) is 13.2 Å². The lowest BCUT2D eigenvalue weighted by Gasteiger charge is -2.50. The molecule has 1 N–H and O–H groups in total. The van der Waals surface area contributed by atoms with E-state index in [1.54, 1.807) is 12.3 Å². The molecule has 2 aromatic rings. The molecule has 1 aliphatic carbocycles. The van der Waals surface area contributed by atoms with Crippen LogP contribution in [0.5, 0.6) is 0 Å². The molecule has 1 amide bonds. The quantitative estimate of drug-likeness (QED) is 0.713. The number of amides is 1. The summed E-state index contributed by atoms with van der Waals surface area (Å²) >= 11 is 0. The van der Waals surface area contributed by atoms with Crippen LogP contribution in [0.1, 0.15) is 42.5 Å². The van der Waals surface area contributed by atoms with Crippen LogP contribution in [0.25, 0.3) is 0 Å². The number of hydrogen-bond donors (Lipinski definition) is 1. The van der Waals surface area contributed by atoms with E-state index in [9.17, 15) is 18.0 Å². The Morgan fingerprint density at radius 2 is 1.94 bits per heavy atom. The molecule has 1 aromatic heterocycles. The number of halogens is 3. The van der Waals surface area contributed by atoms with Gasteiger partial charge in [0.05, 0.1) is 17.5 Å². The highest BCUT2D eigenvalue weighted by molar-refractivity contribution is 5.82. The van der Waals surface area contributed by atoms with Gasteiger partial charge in [-0.15, -0.1) is 0 Å². The zero-order valence-corrected chi connectivity index (χ0v) is 19.2. The number of aromatic nitrogens is 1. The van der Waals surface area contributed by atoms with Gasteiger partial charge in [0.25, 0.3) is 0 Å². The fourth-order valence-corrected chi connectivity index (χ4v) is 5.91. The molecular formula is C26H31F3N4O. The number of pyridine rings is 1. The number of carbonyl (C=O) groups is 1. The van der Waals surface area contributed by atoms with Gasteiger partial charge in [0.1, 0.15) is 0 Å². The van der Waals surface area contributed by atoms with E-state index in [1.807, 2.05) is 18.2 Å². The second kappa shape index (κ2) is 9.56. The minimum absolute atomic E-state index is 0.0339. The van der Waals surface area contributed by atoms with E-state index in [0.717, 1.165) is 31.0 Å². The Bertz CT molecular complexity index is 1010. The number of benzene rings is 1. The van der Waals surface area contributed by atoms with E-state index in [2.05, 4.69) is 20.1 Å². The van der Waals surface area contributed by atoms with Gasteiger partial charge < -0.3 is 10.2 Å². The van der Waals surface area contributed by atoms with Crippen LogP contribution in [0.3, 0.4) is 0 Å². The number of anilines is 1. The fraction of sp³-hybridized carbons (Fsp3) is 0.538. The van der Waals surface area contributed by atoms with Crippen molar-refractivity contribution in [3.8, 4) is 0 Å². The molecule has 2 fully saturated rings. The van der Waals surface area contributed by atoms with Crippen LogP contribution in [0.2, 0.25) is 0 Å². The number of alkyl halides is 3. The molecule has 34 heavy (non-hydrogen) atoms. The van der Waals surface area contributed by atoms with Crippen molar-refractivity contribution in [2.75, 3.05) is 31.1 Å². The molecule has 3 heterocycles. The number of piperazine rings is 1. The summed E-state index contributed by atoms with van der Waals surface area (Å²) in [5.74, 6) is -0.466. The lowest BCUT2D eigenvalue weighted by Crippen LogP contribution is -2.62. The highest BCUT2D eigenvalue weighted by Crippen LogP contribution is 2.40. The Hall–Kier alpha value is -2.61. The normalized spacial score (nSPS) is 23.4. The van der Waals surface area contributed by atoms with Crippen LogP contribution < -0.4 is 10.2 Å². The standard InChI is InChI=1S/C26H31F3N4O/c27-26(28,29)19-8-9-23-18(15-19)16-22(25(34)31-12-10-20-5-3-4-11-30-20)24-17-32(13-14-33(23)24)21-6-1-2-7-21/h3-5,8-9,11,15,21-22,24H,1-2,6-7,10,12-14,16-17H2,(H,31,34)/t22-,24-/m1/s1. The van der Waals surface area contributed by atoms with Crippen molar-refractivity contribution in [3.63, 3.8) is 0 Å².